The Morgan fingerprint density at radius 2 is 1.56 bits per heavy atom. The van der Waals surface area contributed by atoms with Crippen LogP contribution in [0.1, 0.15) is 19.8 Å². The van der Waals surface area contributed by atoms with Gasteiger partial charge in [0.25, 0.3) is 0 Å². The van der Waals surface area contributed by atoms with E-state index in [0.717, 1.165) is 13.0 Å². The van der Waals surface area contributed by atoms with Gasteiger partial charge in [0.1, 0.15) is 0 Å². The van der Waals surface area contributed by atoms with Crippen LogP contribution in [0.3, 0.4) is 0 Å². The molecule has 0 saturated heterocycles. The SMILES string of the molecule is CCCOCCOCCOCCNC(=O)CCS. The summed E-state index contributed by atoms with van der Waals surface area (Å²) in [5, 5.41) is 2.74. The van der Waals surface area contributed by atoms with Gasteiger partial charge >= 0.3 is 0 Å². The van der Waals surface area contributed by atoms with Gasteiger partial charge in [0.2, 0.25) is 5.91 Å². The Balaban J connectivity index is 3.01. The van der Waals surface area contributed by atoms with E-state index in [1.807, 2.05) is 0 Å². The summed E-state index contributed by atoms with van der Waals surface area (Å²) in [4.78, 5) is 11.0. The smallest absolute Gasteiger partial charge is 0.220 e. The van der Waals surface area contributed by atoms with Gasteiger partial charge in [0.05, 0.1) is 33.0 Å². The number of amides is 1. The highest BCUT2D eigenvalue weighted by atomic mass is 32.1. The Labute approximate surface area is 115 Å². The van der Waals surface area contributed by atoms with Gasteiger partial charge in [-0.15, -0.1) is 0 Å². The zero-order valence-corrected chi connectivity index (χ0v) is 12.0. The molecule has 108 valence electrons. The van der Waals surface area contributed by atoms with Crippen LogP contribution in [0.15, 0.2) is 0 Å². The highest BCUT2D eigenvalue weighted by Crippen LogP contribution is 1.84. The molecule has 1 amide bonds. The lowest BCUT2D eigenvalue weighted by molar-refractivity contribution is -0.120. The van der Waals surface area contributed by atoms with Crippen LogP contribution in [-0.2, 0) is 19.0 Å². The molecule has 5 nitrogen and oxygen atoms in total. The molecule has 0 rings (SSSR count). The van der Waals surface area contributed by atoms with E-state index in [-0.39, 0.29) is 5.91 Å². The Morgan fingerprint density at radius 1 is 1.00 bits per heavy atom. The van der Waals surface area contributed by atoms with Crippen LogP contribution in [0, 0.1) is 0 Å². The van der Waals surface area contributed by atoms with E-state index >= 15 is 0 Å². The summed E-state index contributed by atoms with van der Waals surface area (Å²) in [7, 11) is 0. The fraction of sp³-hybridized carbons (Fsp3) is 0.917. The van der Waals surface area contributed by atoms with Crippen molar-refractivity contribution in [2.45, 2.75) is 19.8 Å². The summed E-state index contributed by atoms with van der Waals surface area (Å²) >= 11 is 3.97. The quantitative estimate of drug-likeness (QED) is 0.388. The van der Waals surface area contributed by atoms with E-state index in [1.54, 1.807) is 0 Å². The molecule has 0 aliphatic rings. The highest BCUT2D eigenvalue weighted by molar-refractivity contribution is 7.80. The van der Waals surface area contributed by atoms with Gasteiger partial charge in [0, 0.05) is 19.6 Å². The average molecular weight is 279 g/mol. The molecule has 0 spiro atoms. The summed E-state index contributed by atoms with van der Waals surface area (Å²) in [6, 6.07) is 0. The van der Waals surface area contributed by atoms with E-state index in [2.05, 4.69) is 24.9 Å². The maximum atomic E-state index is 11.0. The number of hydrogen-bond acceptors (Lipinski definition) is 5. The summed E-state index contributed by atoms with van der Waals surface area (Å²) in [5.74, 6) is 0.582. The third-order valence-electron chi connectivity index (χ3n) is 2.00. The van der Waals surface area contributed by atoms with E-state index in [0.29, 0.717) is 51.8 Å². The Kier molecular flexibility index (Phi) is 14.5. The van der Waals surface area contributed by atoms with Crippen LogP contribution in [-0.4, -0.2) is 57.8 Å². The van der Waals surface area contributed by atoms with Crippen molar-refractivity contribution < 1.29 is 19.0 Å². The van der Waals surface area contributed by atoms with Crippen molar-refractivity contribution in [3.05, 3.63) is 0 Å². The minimum absolute atomic E-state index is 0.0120. The monoisotopic (exact) mass is 279 g/mol. The van der Waals surface area contributed by atoms with E-state index in [9.17, 15) is 4.79 Å². The molecule has 18 heavy (non-hydrogen) atoms. The van der Waals surface area contributed by atoms with Crippen molar-refractivity contribution in [3.8, 4) is 0 Å². The first-order chi connectivity index (χ1) is 8.81. The minimum Gasteiger partial charge on any atom is -0.379 e. The van der Waals surface area contributed by atoms with Gasteiger partial charge in [-0.05, 0) is 12.2 Å². The zero-order valence-electron chi connectivity index (χ0n) is 11.2. The first-order valence-corrected chi connectivity index (χ1v) is 7.05. The van der Waals surface area contributed by atoms with Crippen LogP contribution in [0.2, 0.25) is 0 Å². The van der Waals surface area contributed by atoms with E-state index in [4.69, 9.17) is 14.2 Å². The van der Waals surface area contributed by atoms with E-state index in [1.165, 1.54) is 0 Å². The summed E-state index contributed by atoms with van der Waals surface area (Å²) < 4.78 is 15.8. The van der Waals surface area contributed by atoms with Crippen molar-refractivity contribution in [2.75, 3.05) is 51.9 Å². The first-order valence-electron chi connectivity index (χ1n) is 6.42. The second-order valence-electron chi connectivity index (χ2n) is 3.66. The molecular formula is C12H25NO4S. The molecule has 0 radical (unpaired) electrons. The molecule has 1 N–H and O–H groups in total. The van der Waals surface area contributed by atoms with Gasteiger partial charge in [-0.25, -0.2) is 0 Å². The van der Waals surface area contributed by atoms with Crippen LogP contribution in [0.25, 0.3) is 0 Å². The van der Waals surface area contributed by atoms with Crippen molar-refractivity contribution in [1.82, 2.24) is 5.32 Å². The number of carbonyl (C=O) groups excluding carboxylic acids is 1. The maximum Gasteiger partial charge on any atom is 0.220 e. The number of nitrogens with one attached hydrogen (secondary N) is 1. The van der Waals surface area contributed by atoms with Crippen molar-refractivity contribution in [3.63, 3.8) is 0 Å². The van der Waals surface area contributed by atoms with Gasteiger partial charge < -0.3 is 19.5 Å². The number of thiol groups is 1. The number of ether oxygens (including phenoxy) is 3. The molecule has 0 unspecified atom stereocenters. The molecule has 0 atom stereocenters. The topological polar surface area (TPSA) is 56.8 Å². The summed E-state index contributed by atoms with van der Waals surface area (Å²) in [6.45, 7) is 6.22. The number of rotatable bonds is 13. The minimum atomic E-state index is 0.0120. The third-order valence-corrected chi connectivity index (χ3v) is 2.22. The van der Waals surface area contributed by atoms with Crippen LogP contribution in [0.4, 0.5) is 0 Å². The average Bonchev–Trinajstić information content (AvgIpc) is 2.36. The molecule has 0 heterocycles. The standard InChI is InChI=1S/C12H25NO4S/c1-2-5-15-7-9-17-10-8-16-6-4-13-12(14)3-11-18/h18H,2-11H2,1H3,(H,13,14). The number of carbonyl (C=O) groups is 1. The van der Waals surface area contributed by atoms with Crippen molar-refractivity contribution in [2.24, 2.45) is 0 Å². The maximum absolute atomic E-state index is 11.0. The molecule has 0 bridgehead atoms. The molecule has 0 fully saturated rings. The fourth-order valence-corrected chi connectivity index (χ4v) is 1.34. The zero-order chi connectivity index (χ0) is 13.5. The Morgan fingerprint density at radius 3 is 2.11 bits per heavy atom. The second kappa shape index (κ2) is 14.8. The van der Waals surface area contributed by atoms with Gasteiger partial charge in [0.15, 0.2) is 0 Å². The predicted molar refractivity (Wildman–Crippen MR) is 74.2 cm³/mol. The predicted octanol–water partition coefficient (Wildman–Crippen LogP) is 0.882. The normalized spacial score (nSPS) is 10.6. The lowest BCUT2D eigenvalue weighted by Crippen LogP contribution is -2.27. The van der Waals surface area contributed by atoms with Gasteiger partial charge in [-0.1, -0.05) is 6.92 Å². The molecule has 0 aromatic heterocycles. The summed E-state index contributed by atoms with van der Waals surface area (Å²) in [6.07, 6.45) is 1.48. The molecule has 0 saturated carbocycles. The van der Waals surface area contributed by atoms with Crippen LogP contribution in [0.5, 0.6) is 0 Å². The van der Waals surface area contributed by atoms with E-state index < -0.39 is 0 Å². The van der Waals surface area contributed by atoms with Gasteiger partial charge in [-0.3, -0.25) is 4.79 Å². The number of hydrogen-bond donors (Lipinski definition) is 2. The first kappa shape index (κ1) is 17.7. The summed E-state index contributed by atoms with van der Waals surface area (Å²) in [5.41, 5.74) is 0. The molecule has 6 heteroatoms. The second-order valence-corrected chi connectivity index (χ2v) is 4.11. The highest BCUT2D eigenvalue weighted by Gasteiger charge is 1.97. The van der Waals surface area contributed by atoms with Crippen molar-refractivity contribution in [1.29, 1.82) is 0 Å². The Hall–Kier alpha value is -0.300. The molecule has 0 aliphatic heterocycles. The molecule has 0 aliphatic carbocycles. The van der Waals surface area contributed by atoms with Crippen LogP contribution < -0.4 is 5.32 Å². The van der Waals surface area contributed by atoms with Gasteiger partial charge in [-0.2, -0.15) is 12.6 Å². The molecule has 0 aromatic carbocycles. The lowest BCUT2D eigenvalue weighted by Gasteiger charge is -2.07. The van der Waals surface area contributed by atoms with Crippen LogP contribution >= 0.6 is 12.6 Å². The third kappa shape index (κ3) is 13.8. The molecule has 0 aromatic rings. The fourth-order valence-electron chi connectivity index (χ4n) is 1.14. The largest absolute Gasteiger partial charge is 0.379 e. The van der Waals surface area contributed by atoms with Crippen molar-refractivity contribution >= 4 is 18.5 Å². The molecular weight excluding hydrogens is 254 g/mol. The lowest BCUT2D eigenvalue weighted by atomic mass is 10.4. The Bertz CT molecular complexity index is 193.